The van der Waals surface area contributed by atoms with Crippen molar-refractivity contribution in [3.05, 3.63) is 59.5 Å². The third kappa shape index (κ3) is 5.51. The molecule has 3 rings (SSSR count). The molecule has 1 aromatic carbocycles. The van der Waals surface area contributed by atoms with Gasteiger partial charge in [0.05, 0.1) is 17.9 Å². The largest absolute Gasteiger partial charge is 0.468 e. The molecule has 0 radical (unpaired) electrons. The van der Waals surface area contributed by atoms with Gasteiger partial charge in [0.25, 0.3) is 0 Å². The van der Waals surface area contributed by atoms with Crippen molar-refractivity contribution in [2.75, 3.05) is 19.6 Å². The average Bonchev–Trinajstić information content (AvgIpc) is 3.21. The van der Waals surface area contributed by atoms with Crippen LogP contribution in [0, 0.1) is 0 Å². The van der Waals surface area contributed by atoms with Crippen LogP contribution in [0.15, 0.2) is 47.1 Å². The van der Waals surface area contributed by atoms with Crippen molar-refractivity contribution in [3.63, 3.8) is 0 Å². The van der Waals surface area contributed by atoms with Gasteiger partial charge < -0.3 is 15.1 Å². The van der Waals surface area contributed by atoms with Crippen LogP contribution in [0.1, 0.15) is 42.2 Å². The van der Waals surface area contributed by atoms with E-state index in [9.17, 15) is 18.0 Å². The predicted octanol–water partition coefficient (Wildman–Crippen LogP) is 4.32. The second-order valence-corrected chi connectivity index (χ2v) is 6.89. The number of hydrogen-bond acceptors (Lipinski definition) is 3. The van der Waals surface area contributed by atoms with Crippen molar-refractivity contribution in [2.24, 2.45) is 0 Å². The molecule has 1 aromatic heterocycles. The molecule has 1 fully saturated rings. The molecule has 1 aliphatic heterocycles. The van der Waals surface area contributed by atoms with Crippen LogP contribution in [0.25, 0.3) is 0 Å². The minimum atomic E-state index is -4.36. The van der Waals surface area contributed by atoms with E-state index in [4.69, 9.17) is 4.42 Å². The quantitative estimate of drug-likeness (QED) is 0.766. The first-order valence-corrected chi connectivity index (χ1v) is 9.39. The molecule has 1 atom stereocenters. The molecule has 0 aliphatic carbocycles. The molecule has 5 nitrogen and oxygen atoms in total. The number of urea groups is 1. The number of halogens is 3. The van der Waals surface area contributed by atoms with Crippen LogP contribution in [-0.4, -0.2) is 30.6 Å². The number of benzene rings is 1. The summed E-state index contributed by atoms with van der Waals surface area (Å²) in [6.45, 7) is 2.46. The van der Waals surface area contributed by atoms with Crippen LogP contribution in [-0.2, 0) is 12.7 Å². The Morgan fingerprint density at radius 1 is 1.07 bits per heavy atom. The molecule has 8 heteroatoms. The fraction of sp³-hybridized carbons (Fsp3) is 0.450. The Kier molecular flexibility index (Phi) is 6.61. The highest BCUT2D eigenvalue weighted by atomic mass is 19.4. The van der Waals surface area contributed by atoms with Crippen LogP contribution in [0.2, 0.25) is 0 Å². The van der Waals surface area contributed by atoms with Crippen molar-refractivity contribution in [1.82, 2.24) is 15.5 Å². The van der Waals surface area contributed by atoms with Gasteiger partial charge in [0.15, 0.2) is 0 Å². The Labute approximate surface area is 161 Å². The lowest BCUT2D eigenvalue weighted by Crippen LogP contribution is -2.43. The first-order valence-electron chi connectivity index (χ1n) is 9.39. The molecule has 1 saturated heterocycles. The van der Waals surface area contributed by atoms with Crippen LogP contribution in [0.5, 0.6) is 0 Å². The summed E-state index contributed by atoms with van der Waals surface area (Å²) in [5.41, 5.74) is -0.106. The van der Waals surface area contributed by atoms with Crippen LogP contribution < -0.4 is 10.6 Å². The highest BCUT2D eigenvalue weighted by Crippen LogP contribution is 2.29. The summed E-state index contributed by atoms with van der Waals surface area (Å²) in [7, 11) is 0. The van der Waals surface area contributed by atoms with Gasteiger partial charge in [-0.2, -0.15) is 13.2 Å². The number of carbonyl (C=O) groups is 1. The number of hydrogen-bond donors (Lipinski definition) is 2. The Balaban J connectivity index is 1.50. The van der Waals surface area contributed by atoms with Crippen LogP contribution >= 0.6 is 0 Å². The maximum absolute atomic E-state index is 12.6. The van der Waals surface area contributed by atoms with Gasteiger partial charge in [-0.3, -0.25) is 4.90 Å². The minimum absolute atomic E-state index is 0.0351. The van der Waals surface area contributed by atoms with Crippen LogP contribution in [0.4, 0.5) is 18.0 Å². The zero-order chi connectivity index (χ0) is 20.0. The number of nitrogens with one attached hydrogen (secondary N) is 2. The number of amides is 2. The molecule has 0 spiro atoms. The Bertz CT molecular complexity index is 739. The average molecular weight is 395 g/mol. The summed E-state index contributed by atoms with van der Waals surface area (Å²) in [5, 5.41) is 5.52. The predicted molar refractivity (Wildman–Crippen MR) is 98.6 cm³/mol. The molecule has 1 unspecified atom stereocenters. The lowest BCUT2D eigenvalue weighted by Gasteiger charge is -2.33. The van der Waals surface area contributed by atoms with Gasteiger partial charge in [0.2, 0.25) is 0 Å². The lowest BCUT2D eigenvalue weighted by atomic mass is 10.1. The monoisotopic (exact) mass is 395 g/mol. The highest BCUT2D eigenvalue weighted by Gasteiger charge is 2.30. The van der Waals surface area contributed by atoms with E-state index in [2.05, 4.69) is 15.5 Å². The molecule has 1 aliphatic rings. The van der Waals surface area contributed by atoms with Crippen molar-refractivity contribution in [2.45, 2.75) is 38.0 Å². The number of likely N-dealkylation sites (tertiary alicyclic amines) is 1. The Morgan fingerprint density at radius 3 is 2.39 bits per heavy atom. The fourth-order valence-corrected chi connectivity index (χ4v) is 3.37. The second-order valence-electron chi connectivity index (χ2n) is 6.89. The van der Waals surface area contributed by atoms with Gasteiger partial charge in [-0.25, -0.2) is 4.79 Å². The third-order valence-electron chi connectivity index (χ3n) is 4.89. The van der Waals surface area contributed by atoms with Crippen LogP contribution in [0.3, 0.4) is 0 Å². The van der Waals surface area contributed by atoms with E-state index in [1.807, 2.05) is 12.1 Å². The molecule has 2 amide bonds. The number of piperidine rings is 1. The zero-order valence-electron chi connectivity index (χ0n) is 15.5. The smallest absolute Gasteiger partial charge is 0.416 e. The number of alkyl halides is 3. The molecule has 0 saturated carbocycles. The SMILES string of the molecule is O=C(NCc1ccc(C(F)(F)F)cc1)NCC(c1ccco1)N1CCCCC1. The summed E-state index contributed by atoms with van der Waals surface area (Å²) in [5.74, 6) is 0.810. The van der Waals surface area contributed by atoms with Gasteiger partial charge in [-0.1, -0.05) is 18.6 Å². The molecular weight excluding hydrogens is 371 g/mol. The second kappa shape index (κ2) is 9.14. The molecule has 0 bridgehead atoms. The number of rotatable bonds is 6. The van der Waals surface area contributed by atoms with Crippen molar-refractivity contribution in [1.29, 1.82) is 0 Å². The molecular formula is C20H24F3N3O2. The van der Waals surface area contributed by atoms with Crippen molar-refractivity contribution < 1.29 is 22.4 Å². The van der Waals surface area contributed by atoms with Gasteiger partial charge in [-0.05, 0) is 55.8 Å². The molecule has 2 heterocycles. The van der Waals surface area contributed by atoms with Gasteiger partial charge in [-0.15, -0.1) is 0 Å². The first kappa shape index (κ1) is 20.3. The maximum Gasteiger partial charge on any atom is 0.416 e. The van der Waals surface area contributed by atoms with Gasteiger partial charge in [0.1, 0.15) is 5.76 Å². The van der Waals surface area contributed by atoms with Crippen molar-refractivity contribution in [3.8, 4) is 0 Å². The van der Waals surface area contributed by atoms with Gasteiger partial charge >= 0.3 is 12.2 Å². The normalized spacial score (nSPS) is 16.5. The Morgan fingerprint density at radius 2 is 1.79 bits per heavy atom. The summed E-state index contributed by atoms with van der Waals surface area (Å²) >= 11 is 0. The summed E-state index contributed by atoms with van der Waals surface area (Å²) in [4.78, 5) is 14.5. The summed E-state index contributed by atoms with van der Waals surface area (Å²) < 4.78 is 43.3. The molecule has 2 aromatic rings. The number of nitrogens with zero attached hydrogens (tertiary/aromatic N) is 1. The lowest BCUT2D eigenvalue weighted by molar-refractivity contribution is -0.137. The minimum Gasteiger partial charge on any atom is -0.468 e. The third-order valence-corrected chi connectivity index (χ3v) is 4.89. The van der Waals surface area contributed by atoms with E-state index < -0.39 is 11.7 Å². The number of furan rings is 1. The molecule has 152 valence electrons. The highest BCUT2D eigenvalue weighted by molar-refractivity contribution is 5.73. The number of carbonyl (C=O) groups excluding carboxylic acids is 1. The Hall–Kier alpha value is -2.48. The maximum atomic E-state index is 12.6. The van der Waals surface area contributed by atoms with E-state index in [0.717, 1.165) is 43.8 Å². The van der Waals surface area contributed by atoms with Gasteiger partial charge in [0, 0.05) is 13.1 Å². The summed E-state index contributed by atoms with van der Waals surface area (Å²) in [6, 6.07) is 8.08. The molecule has 28 heavy (non-hydrogen) atoms. The van der Waals surface area contributed by atoms with E-state index in [1.54, 1.807) is 6.26 Å². The van der Waals surface area contributed by atoms with E-state index in [1.165, 1.54) is 18.6 Å². The zero-order valence-corrected chi connectivity index (χ0v) is 15.5. The molecule has 2 N–H and O–H groups in total. The summed E-state index contributed by atoms with van der Waals surface area (Å²) in [6.07, 6.45) is 0.715. The van der Waals surface area contributed by atoms with E-state index in [-0.39, 0.29) is 18.6 Å². The van der Waals surface area contributed by atoms with E-state index >= 15 is 0 Å². The topological polar surface area (TPSA) is 57.5 Å². The first-order chi connectivity index (χ1) is 13.4. The van der Waals surface area contributed by atoms with E-state index in [0.29, 0.717) is 12.1 Å². The van der Waals surface area contributed by atoms with Crippen molar-refractivity contribution >= 4 is 6.03 Å². The fourth-order valence-electron chi connectivity index (χ4n) is 3.37. The standard InChI is InChI=1S/C20H24F3N3O2/c21-20(22,23)16-8-6-15(7-9-16)13-24-19(27)25-14-17(18-5-4-12-28-18)26-10-2-1-3-11-26/h4-9,12,17H,1-3,10-11,13-14H2,(H2,24,25,27).